The zero-order chi connectivity index (χ0) is 13.1. The molecule has 0 aromatic heterocycles. The van der Waals surface area contributed by atoms with E-state index in [0.29, 0.717) is 28.7 Å². The predicted molar refractivity (Wildman–Crippen MR) is 68.9 cm³/mol. The van der Waals surface area contributed by atoms with E-state index in [9.17, 15) is 8.78 Å². The molecule has 1 saturated carbocycles. The molecular weight excluding hydrogens is 230 g/mol. The lowest BCUT2D eigenvalue weighted by Crippen LogP contribution is -2.11. The maximum absolute atomic E-state index is 13.7. The Kier molecular flexibility index (Phi) is 2.42. The number of hydrogen-bond acceptors (Lipinski definition) is 0. The minimum absolute atomic E-state index is 0.317. The highest BCUT2D eigenvalue weighted by atomic mass is 19.2. The Hall–Kier alpha value is -1.18. The first kappa shape index (κ1) is 11.9. The molecule has 0 N–H and O–H groups in total. The fourth-order valence-electron chi connectivity index (χ4n) is 3.62. The SMILES string of the molecule is CC(C)(C)C1C2C=C(c3cccc(F)c3F)CC21. The van der Waals surface area contributed by atoms with Crippen molar-refractivity contribution in [3.63, 3.8) is 0 Å². The summed E-state index contributed by atoms with van der Waals surface area (Å²) in [5, 5.41) is 0. The molecule has 2 aliphatic rings. The van der Waals surface area contributed by atoms with Crippen LogP contribution in [0.4, 0.5) is 8.78 Å². The van der Waals surface area contributed by atoms with E-state index >= 15 is 0 Å². The first-order valence-electron chi connectivity index (χ1n) is 6.54. The molecule has 18 heavy (non-hydrogen) atoms. The van der Waals surface area contributed by atoms with Crippen molar-refractivity contribution in [3.05, 3.63) is 41.5 Å². The monoisotopic (exact) mass is 248 g/mol. The summed E-state index contributed by atoms with van der Waals surface area (Å²) in [6.45, 7) is 6.77. The smallest absolute Gasteiger partial charge is 0.166 e. The molecule has 1 fully saturated rings. The summed E-state index contributed by atoms with van der Waals surface area (Å²) >= 11 is 0. The fraction of sp³-hybridized carbons (Fsp3) is 0.500. The molecule has 3 atom stereocenters. The van der Waals surface area contributed by atoms with Gasteiger partial charge < -0.3 is 0 Å². The first-order chi connectivity index (χ1) is 8.39. The van der Waals surface area contributed by atoms with Gasteiger partial charge in [-0.25, -0.2) is 8.78 Å². The van der Waals surface area contributed by atoms with E-state index in [1.807, 2.05) is 0 Å². The normalized spacial score (nSPS) is 30.1. The lowest BCUT2D eigenvalue weighted by molar-refractivity contribution is 0.321. The van der Waals surface area contributed by atoms with Gasteiger partial charge >= 0.3 is 0 Å². The van der Waals surface area contributed by atoms with E-state index in [0.717, 1.165) is 12.0 Å². The highest BCUT2D eigenvalue weighted by Crippen LogP contribution is 2.64. The molecule has 0 aliphatic heterocycles. The van der Waals surface area contributed by atoms with Crippen LogP contribution in [0.15, 0.2) is 24.3 Å². The van der Waals surface area contributed by atoms with E-state index in [-0.39, 0.29) is 0 Å². The van der Waals surface area contributed by atoms with Crippen molar-refractivity contribution < 1.29 is 8.78 Å². The van der Waals surface area contributed by atoms with Crippen LogP contribution in [0.3, 0.4) is 0 Å². The fourth-order valence-corrected chi connectivity index (χ4v) is 3.62. The molecule has 0 bridgehead atoms. The maximum Gasteiger partial charge on any atom is 0.166 e. The third-order valence-corrected chi connectivity index (χ3v) is 4.38. The average Bonchev–Trinajstić information content (AvgIpc) is 2.81. The predicted octanol–water partition coefficient (Wildman–Crippen LogP) is 4.66. The van der Waals surface area contributed by atoms with E-state index in [2.05, 4.69) is 26.8 Å². The van der Waals surface area contributed by atoms with E-state index in [4.69, 9.17) is 0 Å². The number of hydrogen-bond donors (Lipinski definition) is 0. The highest BCUT2D eigenvalue weighted by Gasteiger charge is 2.57. The average molecular weight is 248 g/mol. The van der Waals surface area contributed by atoms with Crippen LogP contribution in [0.2, 0.25) is 0 Å². The van der Waals surface area contributed by atoms with Gasteiger partial charge in [0.25, 0.3) is 0 Å². The van der Waals surface area contributed by atoms with Gasteiger partial charge in [0.15, 0.2) is 11.6 Å². The Morgan fingerprint density at radius 1 is 1.17 bits per heavy atom. The van der Waals surface area contributed by atoms with Crippen LogP contribution < -0.4 is 0 Å². The standard InChI is InChI=1S/C16H18F2/c1-16(2,3)14-11-7-9(8-12(11)14)10-5-4-6-13(17)15(10)18/h4-7,11-12,14H,8H2,1-3H3. The summed E-state index contributed by atoms with van der Waals surface area (Å²) in [6, 6.07) is 4.44. The van der Waals surface area contributed by atoms with Crippen LogP contribution in [-0.2, 0) is 0 Å². The number of allylic oxidation sites excluding steroid dienone is 2. The molecule has 1 aromatic carbocycles. The summed E-state index contributed by atoms with van der Waals surface area (Å²) in [7, 11) is 0. The van der Waals surface area contributed by atoms with Crippen LogP contribution >= 0.6 is 0 Å². The second-order valence-electron chi connectivity index (χ2n) is 6.63. The summed E-state index contributed by atoms with van der Waals surface area (Å²) in [5.74, 6) is 0.474. The first-order valence-corrected chi connectivity index (χ1v) is 6.54. The topological polar surface area (TPSA) is 0 Å². The summed E-state index contributed by atoms with van der Waals surface area (Å²) in [6.07, 6.45) is 3.06. The maximum atomic E-state index is 13.7. The molecule has 0 amide bonds. The number of halogens is 2. The largest absolute Gasteiger partial charge is 0.204 e. The van der Waals surface area contributed by atoms with Crippen molar-refractivity contribution in [1.29, 1.82) is 0 Å². The molecule has 96 valence electrons. The molecule has 3 unspecified atom stereocenters. The molecule has 0 saturated heterocycles. The van der Waals surface area contributed by atoms with Crippen LogP contribution in [0.25, 0.3) is 5.57 Å². The Morgan fingerprint density at radius 2 is 1.89 bits per heavy atom. The van der Waals surface area contributed by atoms with Crippen molar-refractivity contribution in [2.75, 3.05) is 0 Å². The molecule has 2 aliphatic carbocycles. The Morgan fingerprint density at radius 3 is 2.44 bits per heavy atom. The van der Waals surface area contributed by atoms with E-state index in [1.54, 1.807) is 12.1 Å². The summed E-state index contributed by atoms with van der Waals surface area (Å²) < 4.78 is 26.9. The molecule has 0 nitrogen and oxygen atoms in total. The highest BCUT2D eigenvalue weighted by molar-refractivity contribution is 5.70. The Bertz CT molecular complexity index is 522. The van der Waals surface area contributed by atoms with Crippen LogP contribution in [0, 0.1) is 34.8 Å². The second kappa shape index (κ2) is 3.66. The zero-order valence-electron chi connectivity index (χ0n) is 11.0. The van der Waals surface area contributed by atoms with Crippen molar-refractivity contribution in [3.8, 4) is 0 Å². The Labute approximate surface area is 107 Å². The lowest BCUT2D eigenvalue weighted by Gasteiger charge is -2.20. The summed E-state index contributed by atoms with van der Waals surface area (Å²) in [4.78, 5) is 0. The number of benzene rings is 1. The third-order valence-electron chi connectivity index (χ3n) is 4.38. The van der Waals surface area contributed by atoms with Gasteiger partial charge in [-0.1, -0.05) is 39.0 Å². The van der Waals surface area contributed by atoms with Gasteiger partial charge in [0.05, 0.1) is 0 Å². The van der Waals surface area contributed by atoms with E-state index in [1.165, 1.54) is 6.07 Å². The van der Waals surface area contributed by atoms with E-state index < -0.39 is 11.6 Å². The Balaban J connectivity index is 1.86. The minimum Gasteiger partial charge on any atom is -0.204 e. The molecule has 1 aromatic rings. The molecular formula is C16H18F2. The van der Waals surface area contributed by atoms with Gasteiger partial charge in [-0.15, -0.1) is 0 Å². The number of rotatable bonds is 1. The van der Waals surface area contributed by atoms with Crippen LogP contribution in [-0.4, -0.2) is 0 Å². The molecule has 0 spiro atoms. The van der Waals surface area contributed by atoms with Gasteiger partial charge in [0.1, 0.15) is 0 Å². The molecule has 0 heterocycles. The molecule has 0 radical (unpaired) electrons. The number of fused-ring (bicyclic) bond motifs is 1. The third kappa shape index (κ3) is 1.70. The van der Waals surface area contributed by atoms with Gasteiger partial charge in [-0.05, 0) is 41.2 Å². The minimum atomic E-state index is -0.749. The molecule has 2 heteroatoms. The van der Waals surface area contributed by atoms with Gasteiger partial charge in [0.2, 0.25) is 0 Å². The quantitative estimate of drug-likeness (QED) is 0.678. The van der Waals surface area contributed by atoms with Gasteiger partial charge in [-0.3, -0.25) is 0 Å². The van der Waals surface area contributed by atoms with Crippen LogP contribution in [0.1, 0.15) is 32.8 Å². The van der Waals surface area contributed by atoms with Crippen molar-refractivity contribution in [2.45, 2.75) is 27.2 Å². The summed E-state index contributed by atoms with van der Waals surface area (Å²) in [5.41, 5.74) is 1.76. The van der Waals surface area contributed by atoms with Crippen molar-refractivity contribution in [1.82, 2.24) is 0 Å². The van der Waals surface area contributed by atoms with Crippen molar-refractivity contribution in [2.24, 2.45) is 23.2 Å². The zero-order valence-corrected chi connectivity index (χ0v) is 11.0. The second-order valence-corrected chi connectivity index (χ2v) is 6.63. The molecule has 3 rings (SSSR count). The van der Waals surface area contributed by atoms with Crippen LogP contribution in [0.5, 0.6) is 0 Å². The van der Waals surface area contributed by atoms with Crippen molar-refractivity contribution >= 4 is 5.57 Å². The van der Waals surface area contributed by atoms with Gasteiger partial charge in [0, 0.05) is 5.56 Å². The lowest BCUT2D eigenvalue weighted by atomic mass is 9.85. The van der Waals surface area contributed by atoms with Gasteiger partial charge in [-0.2, -0.15) is 0 Å².